The molecule has 2 rings (SSSR count). The van der Waals surface area contributed by atoms with E-state index >= 15 is 0 Å². The molecule has 19 heavy (non-hydrogen) atoms. The number of amides is 2. The second-order valence-corrected chi connectivity index (χ2v) is 5.92. The number of carbonyl (C=O) groups excluding carboxylic acids is 1. The summed E-state index contributed by atoms with van der Waals surface area (Å²) < 4.78 is 0. The van der Waals surface area contributed by atoms with Gasteiger partial charge in [0, 0.05) is 44.2 Å². The number of rotatable bonds is 2. The topological polar surface area (TPSA) is 64.1 Å². The van der Waals surface area contributed by atoms with Crippen LogP contribution in [0.15, 0.2) is 0 Å². The van der Waals surface area contributed by atoms with Gasteiger partial charge in [-0.15, -0.1) is 0 Å². The van der Waals surface area contributed by atoms with Crippen molar-refractivity contribution in [2.75, 3.05) is 33.2 Å². The molecule has 0 aliphatic carbocycles. The minimum absolute atomic E-state index is 0.0634. The maximum absolute atomic E-state index is 12.3. The highest BCUT2D eigenvalue weighted by Gasteiger charge is 2.37. The molecule has 2 amide bonds. The molecule has 0 radical (unpaired) electrons. The molecule has 2 aliphatic rings. The second-order valence-electron chi connectivity index (χ2n) is 5.92. The average Bonchev–Trinajstić information content (AvgIpc) is 2.28. The predicted molar refractivity (Wildman–Crippen MR) is 71.0 cm³/mol. The summed E-state index contributed by atoms with van der Waals surface area (Å²) in [6.45, 7) is 6.92. The first-order valence-corrected chi connectivity index (χ1v) is 6.86. The largest absolute Gasteiger partial charge is 0.481 e. The fourth-order valence-electron chi connectivity index (χ4n) is 2.86. The second kappa shape index (κ2) is 5.36. The molecule has 2 unspecified atom stereocenters. The summed E-state index contributed by atoms with van der Waals surface area (Å²) in [7, 11) is 2.09. The number of carbonyl (C=O) groups is 2. The summed E-state index contributed by atoms with van der Waals surface area (Å²) in [6, 6.07) is 0.793. The number of hydrogen-bond donors (Lipinski definition) is 1. The number of nitrogens with zero attached hydrogens (tertiary/aromatic N) is 3. The number of likely N-dealkylation sites (N-methyl/N-ethyl adjacent to an activating group) is 1. The smallest absolute Gasteiger partial charge is 0.320 e. The number of piperazine rings is 1. The standard InChI is InChI=1S/C13H23N3O3/c1-9-5-15(6-10(2)14(9)3)13(19)16-7-11(8-16)4-12(17)18/h9-11H,4-8H2,1-3H3,(H,17,18). The van der Waals surface area contributed by atoms with Gasteiger partial charge in [0.05, 0.1) is 6.42 Å². The van der Waals surface area contributed by atoms with Gasteiger partial charge >= 0.3 is 12.0 Å². The molecular weight excluding hydrogens is 246 g/mol. The van der Waals surface area contributed by atoms with E-state index in [9.17, 15) is 9.59 Å². The number of urea groups is 1. The van der Waals surface area contributed by atoms with Crippen LogP contribution in [0.4, 0.5) is 4.79 Å². The van der Waals surface area contributed by atoms with Crippen LogP contribution in [0.5, 0.6) is 0 Å². The van der Waals surface area contributed by atoms with Crippen LogP contribution in [0.1, 0.15) is 20.3 Å². The highest BCUT2D eigenvalue weighted by atomic mass is 16.4. The minimum atomic E-state index is -0.779. The fourth-order valence-corrected chi connectivity index (χ4v) is 2.86. The zero-order valence-electron chi connectivity index (χ0n) is 11.9. The minimum Gasteiger partial charge on any atom is -0.481 e. The molecule has 0 spiro atoms. The van der Waals surface area contributed by atoms with Crippen LogP contribution in [0.3, 0.4) is 0 Å². The molecule has 2 atom stereocenters. The third-order valence-electron chi connectivity index (χ3n) is 4.32. The van der Waals surface area contributed by atoms with Crippen LogP contribution in [0.2, 0.25) is 0 Å². The molecule has 0 bridgehead atoms. The van der Waals surface area contributed by atoms with Crippen molar-refractivity contribution >= 4 is 12.0 Å². The Balaban J connectivity index is 1.83. The van der Waals surface area contributed by atoms with E-state index < -0.39 is 5.97 Å². The molecule has 0 aromatic heterocycles. The summed E-state index contributed by atoms with van der Waals surface area (Å²) >= 11 is 0. The van der Waals surface area contributed by atoms with Gasteiger partial charge in [-0.25, -0.2) is 4.79 Å². The Morgan fingerprint density at radius 3 is 2.00 bits per heavy atom. The van der Waals surface area contributed by atoms with E-state index in [0.717, 1.165) is 13.1 Å². The molecule has 2 aliphatic heterocycles. The summed E-state index contributed by atoms with van der Waals surface area (Å²) in [5.41, 5.74) is 0. The van der Waals surface area contributed by atoms with Crippen LogP contribution >= 0.6 is 0 Å². The Kier molecular flexibility index (Phi) is 3.99. The van der Waals surface area contributed by atoms with E-state index in [4.69, 9.17) is 5.11 Å². The Hall–Kier alpha value is -1.30. The quantitative estimate of drug-likeness (QED) is 0.794. The highest BCUT2D eigenvalue weighted by molar-refractivity contribution is 5.76. The van der Waals surface area contributed by atoms with Gasteiger partial charge in [0.1, 0.15) is 0 Å². The first-order chi connectivity index (χ1) is 8.88. The number of hydrogen-bond acceptors (Lipinski definition) is 3. The van der Waals surface area contributed by atoms with Crippen molar-refractivity contribution in [2.24, 2.45) is 5.92 Å². The van der Waals surface area contributed by atoms with Crippen molar-refractivity contribution in [2.45, 2.75) is 32.4 Å². The summed E-state index contributed by atoms with van der Waals surface area (Å²) in [4.78, 5) is 28.8. The van der Waals surface area contributed by atoms with E-state index in [1.54, 1.807) is 4.90 Å². The van der Waals surface area contributed by atoms with Gasteiger partial charge in [-0.2, -0.15) is 0 Å². The lowest BCUT2D eigenvalue weighted by Gasteiger charge is -2.47. The molecule has 6 heteroatoms. The molecule has 2 heterocycles. The third kappa shape index (κ3) is 3.00. The Bertz CT molecular complexity index is 356. The van der Waals surface area contributed by atoms with E-state index in [0.29, 0.717) is 25.2 Å². The predicted octanol–water partition coefficient (Wildman–Crippen LogP) is 0.537. The Morgan fingerprint density at radius 1 is 1.05 bits per heavy atom. The SMILES string of the molecule is CC1CN(C(=O)N2CC(CC(=O)O)C2)CC(C)N1C. The number of likely N-dealkylation sites (tertiary alicyclic amines) is 1. The number of aliphatic carboxylic acids is 1. The lowest BCUT2D eigenvalue weighted by Crippen LogP contribution is -2.62. The van der Waals surface area contributed by atoms with Crippen molar-refractivity contribution in [1.82, 2.24) is 14.7 Å². The maximum atomic E-state index is 12.3. The van der Waals surface area contributed by atoms with Crippen molar-refractivity contribution in [1.29, 1.82) is 0 Å². The van der Waals surface area contributed by atoms with Crippen LogP contribution in [-0.4, -0.2) is 77.1 Å². The average molecular weight is 269 g/mol. The highest BCUT2D eigenvalue weighted by Crippen LogP contribution is 2.22. The van der Waals surface area contributed by atoms with E-state index in [1.165, 1.54) is 0 Å². The zero-order chi connectivity index (χ0) is 14.2. The van der Waals surface area contributed by atoms with Crippen molar-refractivity contribution < 1.29 is 14.7 Å². The van der Waals surface area contributed by atoms with Gasteiger partial charge in [0.25, 0.3) is 0 Å². The van der Waals surface area contributed by atoms with Crippen LogP contribution in [0, 0.1) is 5.92 Å². The van der Waals surface area contributed by atoms with E-state index in [1.807, 2.05) is 4.90 Å². The normalized spacial score (nSPS) is 29.2. The number of carboxylic acid groups (broad SMARTS) is 1. The molecule has 0 aromatic carbocycles. The van der Waals surface area contributed by atoms with Gasteiger partial charge in [0.2, 0.25) is 0 Å². The first-order valence-electron chi connectivity index (χ1n) is 6.86. The van der Waals surface area contributed by atoms with Crippen LogP contribution < -0.4 is 0 Å². The van der Waals surface area contributed by atoms with E-state index in [-0.39, 0.29) is 18.4 Å². The Morgan fingerprint density at radius 2 is 1.53 bits per heavy atom. The van der Waals surface area contributed by atoms with E-state index in [2.05, 4.69) is 25.8 Å². The van der Waals surface area contributed by atoms with Gasteiger partial charge in [0.15, 0.2) is 0 Å². The van der Waals surface area contributed by atoms with Crippen molar-refractivity contribution in [3.63, 3.8) is 0 Å². The number of carboxylic acids is 1. The molecule has 6 nitrogen and oxygen atoms in total. The molecule has 1 N–H and O–H groups in total. The van der Waals surface area contributed by atoms with Crippen LogP contribution in [-0.2, 0) is 4.79 Å². The lowest BCUT2D eigenvalue weighted by molar-refractivity contribution is -0.139. The van der Waals surface area contributed by atoms with Crippen molar-refractivity contribution in [3.05, 3.63) is 0 Å². The third-order valence-corrected chi connectivity index (χ3v) is 4.32. The fraction of sp³-hybridized carbons (Fsp3) is 0.846. The molecule has 108 valence electrons. The molecule has 0 saturated carbocycles. The lowest BCUT2D eigenvalue weighted by atomic mass is 9.97. The molecular formula is C13H23N3O3. The monoisotopic (exact) mass is 269 g/mol. The summed E-state index contributed by atoms with van der Waals surface area (Å²) in [5, 5.41) is 8.70. The van der Waals surface area contributed by atoms with Gasteiger partial charge in [-0.3, -0.25) is 9.69 Å². The van der Waals surface area contributed by atoms with Gasteiger partial charge in [-0.05, 0) is 20.9 Å². The summed E-state index contributed by atoms with van der Waals surface area (Å²) in [6.07, 6.45) is 0.166. The van der Waals surface area contributed by atoms with Crippen LogP contribution in [0.25, 0.3) is 0 Å². The first kappa shape index (κ1) is 14.1. The maximum Gasteiger partial charge on any atom is 0.320 e. The summed E-state index contributed by atoms with van der Waals surface area (Å²) in [5.74, 6) is -0.650. The van der Waals surface area contributed by atoms with Crippen molar-refractivity contribution in [3.8, 4) is 0 Å². The molecule has 0 aromatic rings. The zero-order valence-corrected chi connectivity index (χ0v) is 11.9. The van der Waals surface area contributed by atoms with Gasteiger partial charge in [-0.1, -0.05) is 0 Å². The molecule has 2 fully saturated rings. The molecule has 2 saturated heterocycles. The Labute approximate surface area is 114 Å². The van der Waals surface area contributed by atoms with Gasteiger partial charge < -0.3 is 14.9 Å².